The largest absolute Gasteiger partial charge is 0.342 e. The van der Waals surface area contributed by atoms with Crippen LogP contribution in [0.25, 0.3) is 0 Å². The molecule has 0 bridgehead atoms. The van der Waals surface area contributed by atoms with Crippen LogP contribution in [0, 0.1) is 23.0 Å². The quantitative estimate of drug-likeness (QED) is 0.316. The molecule has 1 heterocycles. The van der Waals surface area contributed by atoms with Gasteiger partial charge in [0.1, 0.15) is 0 Å². The number of nitro benzene ring substituents is 1. The average Bonchev–Trinajstić information content (AvgIpc) is 3.10. The molecule has 8 nitrogen and oxygen atoms in total. The summed E-state index contributed by atoms with van der Waals surface area (Å²) in [5, 5.41) is 23.2. The Labute approximate surface area is 185 Å². The third-order valence-electron chi connectivity index (χ3n) is 4.90. The molecule has 1 N–H and O–H groups in total. The molecule has 162 valence electrons. The first-order valence-corrected chi connectivity index (χ1v) is 10.9. The van der Waals surface area contributed by atoms with Gasteiger partial charge in [0.15, 0.2) is 11.0 Å². The van der Waals surface area contributed by atoms with Gasteiger partial charge in [-0.05, 0) is 30.5 Å². The van der Waals surface area contributed by atoms with Crippen molar-refractivity contribution in [3.8, 4) is 0 Å². The van der Waals surface area contributed by atoms with Crippen LogP contribution in [0.1, 0.15) is 47.2 Å². The van der Waals surface area contributed by atoms with Crippen molar-refractivity contribution in [3.63, 3.8) is 0 Å². The zero-order chi connectivity index (χ0) is 22.5. The number of thioether (sulfide) groups is 1. The van der Waals surface area contributed by atoms with Crippen molar-refractivity contribution in [1.29, 1.82) is 0 Å². The highest BCUT2D eigenvalue weighted by molar-refractivity contribution is 7.98. The summed E-state index contributed by atoms with van der Waals surface area (Å²) in [6, 6.07) is 13.6. The second kappa shape index (κ2) is 9.74. The van der Waals surface area contributed by atoms with Gasteiger partial charge in [0.2, 0.25) is 0 Å². The fourth-order valence-electron chi connectivity index (χ4n) is 3.12. The van der Waals surface area contributed by atoms with Gasteiger partial charge in [-0.25, -0.2) is 0 Å². The monoisotopic (exact) mass is 439 g/mol. The standard InChI is InChI=1S/C22H25N5O3S/c1-14(2)19(23-21(28)17-7-5-6-15(3)12-17)20-24-25-22(26(20)4)31-13-16-8-10-18(11-9-16)27(29)30/h5-12,14,19H,13H2,1-4H3,(H,23,28)/t19-/m1/s1. The Hall–Kier alpha value is -3.20. The molecule has 0 aliphatic carbocycles. The minimum atomic E-state index is -0.414. The van der Waals surface area contributed by atoms with Crippen molar-refractivity contribution in [2.45, 2.75) is 37.7 Å². The zero-order valence-electron chi connectivity index (χ0n) is 17.9. The van der Waals surface area contributed by atoms with Crippen LogP contribution >= 0.6 is 11.8 Å². The lowest BCUT2D eigenvalue weighted by atomic mass is 10.0. The Balaban J connectivity index is 1.72. The van der Waals surface area contributed by atoms with Gasteiger partial charge in [0.25, 0.3) is 11.6 Å². The molecule has 0 aliphatic rings. The molecule has 1 amide bonds. The number of non-ortho nitro benzene ring substituents is 1. The number of aryl methyl sites for hydroxylation is 1. The van der Waals surface area contributed by atoms with Crippen LogP contribution in [0.4, 0.5) is 5.69 Å². The van der Waals surface area contributed by atoms with Crippen molar-refractivity contribution in [2.24, 2.45) is 13.0 Å². The number of hydrogen-bond donors (Lipinski definition) is 1. The summed E-state index contributed by atoms with van der Waals surface area (Å²) in [5.41, 5.74) is 2.66. The van der Waals surface area contributed by atoms with E-state index in [1.165, 1.54) is 23.9 Å². The van der Waals surface area contributed by atoms with Crippen LogP contribution in [-0.2, 0) is 12.8 Å². The molecular formula is C22H25N5O3S. The zero-order valence-corrected chi connectivity index (χ0v) is 18.7. The summed E-state index contributed by atoms with van der Waals surface area (Å²) < 4.78 is 1.89. The Bertz CT molecular complexity index is 1080. The SMILES string of the molecule is Cc1cccc(C(=O)N[C@@H](c2nnc(SCc3ccc([N+](=O)[O-])cc3)n2C)C(C)C)c1. The van der Waals surface area contributed by atoms with Gasteiger partial charge in [0.05, 0.1) is 11.0 Å². The second-order valence-electron chi connectivity index (χ2n) is 7.68. The number of aromatic nitrogens is 3. The first-order valence-electron chi connectivity index (χ1n) is 9.89. The molecule has 0 spiro atoms. The first-order chi connectivity index (χ1) is 14.8. The summed E-state index contributed by atoms with van der Waals surface area (Å²) >= 11 is 1.49. The van der Waals surface area contributed by atoms with Crippen LogP contribution in [0.3, 0.4) is 0 Å². The van der Waals surface area contributed by atoms with Gasteiger partial charge in [-0.15, -0.1) is 10.2 Å². The number of carbonyl (C=O) groups excluding carboxylic acids is 1. The fraction of sp³-hybridized carbons (Fsp3) is 0.318. The Kier molecular flexibility index (Phi) is 7.06. The molecule has 3 rings (SSSR count). The average molecular weight is 440 g/mol. The summed E-state index contributed by atoms with van der Waals surface area (Å²) in [5.74, 6) is 1.25. The predicted octanol–water partition coefficient (Wildman–Crippen LogP) is 4.45. The number of nitrogens with zero attached hydrogens (tertiary/aromatic N) is 4. The molecule has 2 aromatic carbocycles. The number of hydrogen-bond acceptors (Lipinski definition) is 6. The van der Waals surface area contributed by atoms with Crippen LogP contribution in [0.15, 0.2) is 53.7 Å². The van der Waals surface area contributed by atoms with E-state index in [0.717, 1.165) is 11.1 Å². The van der Waals surface area contributed by atoms with E-state index in [2.05, 4.69) is 15.5 Å². The first kappa shape index (κ1) is 22.5. The molecule has 3 aromatic rings. The summed E-state index contributed by atoms with van der Waals surface area (Å²) in [6.45, 7) is 6.01. The molecule has 9 heteroatoms. The topological polar surface area (TPSA) is 103 Å². The Morgan fingerprint density at radius 1 is 1.19 bits per heavy atom. The third-order valence-corrected chi connectivity index (χ3v) is 5.99. The van der Waals surface area contributed by atoms with E-state index in [1.807, 2.05) is 50.6 Å². The van der Waals surface area contributed by atoms with Crippen molar-refractivity contribution in [3.05, 3.63) is 81.2 Å². The lowest BCUT2D eigenvalue weighted by molar-refractivity contribution is -0.384. The van der Waals surface area contributed by atoms with Gasteiger partial charge in [-0.1, -0.05) is 55.4 Å². The second-order valence-corrected chi connectivity index (χ2v) is 8.62. The predicted molar refractivity (Wildman–Crippen MR) is 120 cm³/mol. The number of rotatable bonds is 8. The molecule has 0 radical (unpaired) electrons. The van der Waals surface area contributed by atoms with Crippen molar-refractivity contribution < 1.29 is 9.72 Å². The summed E-state index contributed by atoms with van der Waals surface area (Å²) in [7, 11) is 1.88. The maximum absolute atomic E-state index is 12.8. The molecule has 1 aromatic heterocycles. The molecule has 1 atom stereocenters. The van der Waals surface area contributed by atoms with E-state index < -0.39 is 4.92 Å². The smallest absolute Gasteiger partial charge is 0.269 e. The van der Waals surface area contributed by atoms with Crippen molar-refractivity contribution in [1.82, 2.24) is 20.1 Å². The Morgan fingerprint density at radius 2 is 1.90 bits per heavy atom. The van der Waals surface area contributed by atoms with E-state index in [9.17, 15) is 14.9 Å². The number of carbonyl (C=O) groups is 1. The van der Waals surface area contributed by atoms with Crippen molar-refractivity contribution in [2.75, 3.05) is 0 Å². The highest BCUT2D eigenvalue weighted by Gasteiger charge is 2.25. The van der Waals surface area contributed by atoms with Gasteiger partial charge in [-0.3, -0.25) is 14.9 Å². The molecule has 0 saturated heterocycles. The van der Waals surface area contributed by atoms with Gasteiger partial charge < -0.3 is 9.88 Å². The lowest BCUT2D eigenvalue weighted by Crippen LogP contribution is -2.33. The minimum absolute atomic E-state index is 0.0684. The maximum Gasteiger partial charge on any atom is 0.269 e. The van der Waals surface area contributed by atoms with Crippen LogP contribution < -0.4 is 5.32 Å². The molecule has 0 aliphatic heterocycles. The summed E-state index contributed by atoms with van der Waals surface area (Å²) in [4.78, 5) is 23.1. The Morgan fingerprint density at radius 3 is 2.52 bits per heavy atom. The number of nitrogens with one attached hydrogen (secondary N) is 1. The third kappa shape index (κ3) is 5.49. The van der Waals surface area contributed by atoms with Crippen LogP contribution in [0.2, 0.25) is 0 Å². The van der Waals surface area contributed by atoms with Crippen molar-refractivity contribution >= 4 is 23.4 Å². The molecule has 0 fully saturated rings. The molecule has 0 saturated carbocycles. The number of nitro groups is 1. The van der Waals surface area contributed by atoms with Gasteiger partial charge in [0, 0.05) is 30.5 Å². The highest BCUT2D eigenvalue weighted by atomic mass is 32.2. The van der Waals surface area contributed by atoms with Crippen LogP contribution in [0.5, 0.6) is 0 Å². The van der Waals surface area contributed by atoms with E-state index in [0.29, 0.717) is 22.3 Å². The van der Waals surface area contributed by atoms with E-state index in [1.54, 1.807) is 18.2 Å². The normalized spacial score (nSPS) is 12.0. The van der Waals surface area contributed by atoms with Gasteiger partial charge in [-0.2, -0.15) is 0 Å². The molecule has 0 unspecified atom stereocenters. The van der Waals surface area contributed by atoms with Gasteiger partial charge >= 0.3 is 0 Å². The highest BCUT2D eigenvalue weighted by Crippen LogP contribution is 2.27. The maximum atomic E-state index is 12.8. The van der Waals surface area contributed by atoms with E-state index >= 15 is 0 Å². The number of benzene rings is 2. The fourth-order valence-corrected chi connectivity index (χ4v) is 4.00. The summed E-state index contributed by atoms with van der Waals surface area (Å²) in [6.07, 6.45) is 0. The van der Waals surface area contributed by atoms with E-state index in [-0.39, 0.29) is 23.6 Å². The number of amides is 1. The minimum Gasteiger partial charge on any atom is -0.342 e. The van der Waals surface area contributed by atoms with Crippen LogP contribution in [-0.4, -0.2) is 25.6 Å². The van der Waals surface area contributed by atoms with E-state index in [4.69, 9.17) is 0 Å². The lowest BCUT2D eigenvalue weighted by Gasteiger charge is -2.22. The molecule has 31 heavy (non-hydrogen) atoms. The molecular weight excluding hydrogens is 414 g/mol.